The molecule has 1 saturated carbocycles. The third-order valence-electron chi connectivity index (χ3n) is 5.06. The van der Waals surface area contributed by atoms with Crippen LogP contribution < -0.4 is 10.1 Å². The van der Waals surface area contributed by atoms with Crippen LogP contribution in [0.2, 0.25) is 0 Å². The van der Waals surface area contributed by atoms with Crippen LogP contribution in [0.5, 0.6) is 6.01 Å². The Morgan fingerprint density at radius 2 is 1.81 bits per heavy atom. The molecule has 2 aromatic rings. The number of rotatable bonds is 6. The summed E-state index contributed by atoms with van der Waals surface area (Å²) < 4.78 is 11.1. The molecule has 0 spiro atoms. The van der Waals surface area contributed by atoms with E-state index in [0.717, 1.165) is 54.1 Å². The molecule has 0 saturated heterocycles. The van der Waals surface area contributed by atoms with E-state index >= 15 is 0 Å². The van der Waals surface area contributed by atoms with Crippen molar-refractivity contribution in [2.75, 3.05) is 0 Å². The average Bonchev–Trinajstić information content (AvgIpc) is 2.92. The first-order valence-corrected chi connectivity index (χ1v) is 9.60. The summed E-state index contributed by atoms with van der Waals surface area (Å²) in [5, 5.41) is 7.08. The topological polar surface area (TPSA) is 90.1 Å². The zero-order valence-corrected chi connectivity index (χ0v) is 16.5. The molecule has 0 aliphatic heterocycles. The number of aryl methyl sites for hydroxylation is 4. The maximum absolute atomic E-state index is 12.3. The van der Waals surface area contributed by atoms with Crippen molar-refractivity contribution < 1.29 is 14.1 Å². The van der Waals surface area contributed by atoms with E-state index in [1.165, 1.54) is 0 Å². The van der Waals surface area contributed by atoms with Gasteiger partial charge in [-0.15, -0.1) is 0 Å². The van der Waals surface area contributed by atoms with Crippen LogP contribution in [-0.2, 0) is 11.2 Å². The normalized spacial score (nSPS) is 19.7. The first-order valence-electron chi connectivity index (χ1n) is 9.60. The number of nitrogens with one attached hydrogen (secondary N) is 1. The summed E-state index contributed by atoms with van der Waals surface area (Å²) >= 11 is 0. The number of hydrogen-bond donors (Lipinski definition) is 1. The lowest BCUT2D eigenvalue weighted by Gasteiger charge is -2.29. The first-order chi connectivity index (χ1) is 12.9. The van der Waals surface area contributed by atoms with Crippen LogP contribution in [0.15, 0.2) is 10.6 Å². The number of amides is 1. The molecule has 1 amide bonds. The van der Waals surface area contributed by atoms with Gasteiger partial charge in [0.15, 0.2) is 0 Å². The third-order valence-corrected chi connectivity index (χ3v) is 5.06. The van der Waals surface area contributed by atoms with Crippen LogP contribution in [0.1, 0.15) is 60.5 Å². The van der Waals surface area contributed by atoms with E-state index < -0.39 is 0 Å². The second kappa shape index (κ2) is 8.50. The Morgan fingerprint density at radius 1 is 1.15 bits per heavy atom. The molecule has 2 heterocycles. The summed E-state index contributed by atoms with van der Waals surface area (Å²) in [5.41, 5.74) is 3.73. The second-order valence-electron chi connectivity index (χ2n) is 7.40. The van der Waals surface area contributed by atoms with Gasteiger partial charge in [-0.25, -0.2) is 9.97 Å². The number of aromatic nitrogens is 3. The molecule has 0 atom stereocenters. The molecule has 3 rings (SSSR count). The van der Waals surface area contributed by atoms with Gasteiger partial charge in [0, 0.05) is 29.4 Å². The van der Waals surface area contributed by atoms with Gasteiger partial charge in [-0.2, -0.15) is 0 Å². The molecule has 0 unspecified atom stereocenters. The predicted molar refractivity (Wildman–Crippen MR) is 101 cm³/mol. The Morgan fingerprint density at radius 3 is 2.41 bits per heavy atom. The summed E-state index contributed by atoms with van der Waals surface area (Å²) in [4.78, 5) is 20.9. The maximum Gasteiger partial charge on any atom is 0.317 e. The van der Waals surface area contributed by atoms with Crippen molar-refractivity contribution in [2.45, 2.75) is 78.4 Å². The highest BCUT2D eigenvalue weighted by Crippen LogP contribution is 2.23. The Bertz CT molecular complexity index is 755. The van der Waals surface area contributed by atoms with Crippen LogP contribution >= 0.6 is 0 Å². The highest BCUT2D eigenvalue weighted by molar-refractivity contribution is 5.76. The highest BCUT2D eigenvalue weighted by atomic mass is 16.5. The van der Waals surface area contributed by atoms with Crippen molar-refractivity contribution in [1.29, 1.82) is 0 Å². The lowest BCUT2D eigenvalue weighted by molar-refractivity contribution is -0.122. The zero-order valence-electron chi connectivity index (χ0n) is 16.5. The largest absolute Gasteiger partial charge is 0.460 e. The van der Waals surface area contributed by atoms with E-state index in [4.69, 9.17) is 9.26 Å². The molecule has 0 bridgehead atoms. The Balaban J connectivity index is 1.42. The van der Waals surface area contributed by atoms with Gasteiger partial charge < -0.3 is 14.6 Å². The fourth-order valence-electron chi connectivity index (χ4n) is 3.62. The van der Waals surface area contributed by atoms with Crippen molar-refractivity contribution in [3.63, 3.8) is 0 Å². The molecular weight excluding hydrogens is 344 g/mol. The van der Waals surface area contributed by atoms with E-state index in [-0.39, 0.29) is 18.1 Å². The Hall–Kier alpha value is -2.44. The third kappa shape index (κ3) is 5.28. The summed E-state index contributed by atoms with van der Waals surface area (Å²) in [6.07, 6.45) is 4.84. The van der Waals surface area contributed by atoms with Crippen LogP contribution in [0.25, 0.3) is 0 Å². The van der Waals surface area contributed by atoms with Gasteiger partial charge in [-0.05, 0) is 65.9 Å². The van der Waals surface area contributed by atoms with Crippen molar-refractivity contribution in [3.05, 3.63) is 34.5 Å². The smallest absolute Gasteiger partial charge is 0.317 e. The summed E-state index contributed by atoms with van der Waals surface area (Å²) in [6, 6.07) is 2.60. The summed E-state index contributed by atoms with van der Waals surface area (Å²) in [7, 11) is 0. The van der Waals surface area contributed by atoms with E-state index in [1.807, 2.05) is 33.8 Å². The SMILES string of the molecule is Cc1cc(C)nc(OC2CCC(NC(=O)CCc3c(C)noc3C)CC2)n1. The number of ether oxygens (including phenoxy) is 1. The van der Waals surface area contributed by atoms with E-state index in [2.05, 4.69) is 20.4 Å². The van der Waals surface area contributed by atoms with Gasteiger partial charge in [0.2, 0.25) is 5.91 Å². The van der Waals surface area contributed by atoms with Gasteiger partial charge >= 0.3 is 6.01 Å². The van der Waals surface area contributed by atoms with Crippen LogP contribution in [0.3, 0.4) is 0 Å². The molecule has 7 nitrogen and oxygen atoms in total. The molecule has 1 N–H and O–H groups in total. The zero-order chi connectivity index (χ0) is 19.4. The number of nitrogens with zero attached hydrogens (tertiary/aromatic N) is 3. The van der Waals surface area contributed by atoms with E-state index in [0.29, 0.717) is 18.9 Å². The van der Waals surface area contributed by atoms with Gasteiger partial charge in [0.25, 0.3) is 0 Å². The lowest BCUT2D eigenvalue weighted by atomic mass is 9.93. The Labute approximate surface area is 159 Å². The number of hydrogen-bond acceptors (Lipinski definition) is 6. The van der Waals surface area contributed by atoms with Crippen molar-refractivity contribution >= 4 is 5.91 Å². The first kappa shape index (κ1) is 19.3. The quantitative estimate of drug-likeness (QED) is 0.838. The molecule has 1 fully saturated rings. The van der Waals surface area contributed by atoms with Crippen LogP contribution in [0, 0.1) is 27.7 Å². The molecule has 0 radical (unpaired) electrons. The van der Waals surface area contributed by atoms with E-state index in [9.17, 15) is 4.79 Å². The molecule has 2 aromatic heterocycles. The predicted octanol–water partition coefficient (Wildman–Crippen LogP) is 3.14. The molecule has 27 heavy (non-hydrogen) atoms. The van der Waals surface area contributed by atoms with Gasteiger partial charge in [-0.3, -0.25) is 4.79 Å². The number of carbonyl (C=O) groups is 1. The molecule has 1 aliphatic carbocycles. The fourth-order valence-corrected chi connectivity index (χ4v) is 3.62. The summed E-state index contributed by atoms with van der Waals surface area (Å²) in [5.74, 6) is 0.878. The average molecular weight is 372 g/mol. The minimum atomic E-state index is 0.0806. The molecule has 1 aliphatic rings. The standard InChI is InChI=1S/C20H28N4O3/c1-12-11-13(2)22-20(21-12)26-17-7-5-16(6-8-17)23-19(25)10-9-18-14(3)24-27-15(18)4/h11,16-17H,5-10H2,1-4H3,(H,23,25). The van der Waals surface area contributed by atoms with Gasteiger partial charge in [0.05, 0.1) is 5.69 Å². The monoisotopic (exact) mass is 372 g/mol. The summed E-state index contributed by atoms with van der Waals surface area (Å²) in [6.45, 7) is 7.67. The highest BCUT2D eigenvalue weighted by Gasteiger charge is 2.24. The van der Waals surface area contributed by atoms with Gasteiger partial charge in [-0.1, -0.05) is 5.16 Å². The molecule has 0 aromatic carbocycles. The Kier molecular flexibility index (Phi) is 6.08. The minimum Gasteiger partial charge on any atom is -0.460 e. The van der Waals surface area contributed by atoms with Crippen molar-refractivity contribution in [2.24, 2.45) is 0 Å². The van der Waals surface area contributed by atoms with Crippen LogP contribution in [-0.4, -0.2) is 33.2 Å². The van der Waals surface area contributed by atoms with Crippen LogP contribution in [0.4, 0.5) is 0 Å². The maximum atomic E-state index is 12.3. The molecular formula is C20H28N4O3. The molecule has 146 valence electrons. The lowest BCUT2D eigenvalue weighted by Crippen LogP contribution is -2.39. The number of carbonyl (C=O) groups excluding carboxylic acids is 1. The fraction of sp³-hybridized carbons (Fsp3) is 0.600. The van der Waals surface area contributed by atoms with E-state index in [1.54, 1.807) is 0 Å². The van der Waals surface area contributed by atoms with Gasteiger partial charge in [0.1, 0.15) is 11.9 Å². The second-order valence-corrected chi connectivity index (χ2v) is 7.40. The van der Waals surface area contributed by atoms with Crippen molar-refractivity contribution in [3.8, 4) is 6.01 Å². The molecule has 7 heteroatoms. The van der Waals surface area contributed by atoms with Crippen molar-refractivity contribution in [1.82, 2.24) is 20.4 Å². The minimum absolute atomic E-state index is 0.0806.